The van der Waals surface area contributed by atoms with Crippen molar-refractivity contribution in [1.82, 2.24) is 10.2 Å². The van der Waals surface area contributed by atoms with E-state index < -0.39 is 6.10 Å². The van der Waals surface area contributed by atoms with Crippen molar-refractivity contribution in [3.8, 4) is 5.75 Å². The summed E-state index contributed by atoms with van der Waals surface area (Å²) in [5.74, 6) is 0.251. The first-order valence-electron chi connectivity index (χ1n) is 8.57. The first kappa shape index (κ1) is 18.3. The maximum Gasteiger partial charge on any atom is 0.260 e. The summed E-state index contributed by atoms with van der Waals surface area (Å²) in [6, 6.07) is 8.73. The largest absolute Gasteiger partial charge is 0.479 e. The molecule has 1 N–H and O–H groups in total. The van der Waals surface area contributed by atoms with Gasteiger partial charge in [0.15, 0.2) is 6.10 Å². The molecule has 1 atom stereocenters. The third-order valence-electron chi connectivity index (χ3n) is 4.41. The second-order valence-electron chi connectivity index (χ2n) is 6.28. The molecule has 26 heavy (non-hydrogen) atoms. The van der Waals surface area contributed by atoms with Gasteiger partial charge in [-0.15, -0.1) is 0 Å². The molecule has 0 radical (unpaired) electrons. The van der Waals surface area contributed by atoms with Crippen LogP contribution in [0.25, 0.3) is 0 Å². The van der Waals surface area contributed by atoms with Crippen LogP contribution in [-0.2, 0) is 4.79 Å². The summed E-state index contributed by atoms with van der Waals surface area (Å²) in [6.45, 7) is 2.87. The van der Waals surface area contributed by atoms with E-state index >= 15 is 0 Å². The fourth-order valence-electron chi connectivity index (χ4n) is 2.90. The highest BCUT2D eigenvalue weighted by molar-refractivity contribution is 6.32. The lowest BCUT2D eigenvalue weighted by Crippen LogP contribution is -2.49. The van der Waals surface area contributed by atoms with Crippen LogP contribution in [0.3, 0.4) is 0 Å². The second-order valence-corrected chi connectivity index (χ2v) is 6.68. The van der Waals surface area contributed by atoms with E-state index in [4.69, 9.17) is 20.8 Å². The van der Waals surface area contributed by atoms with E-state index in [1.807, 2.05) is 0 Å². The summed E-state index contributed by atoms with van der Waals surface area (Å²) >= 11 is 6.05. The monoisotopic (exact) mass is 376 g/mol. The van der Waals surface area contributed by atoms with Crippen LogP contribution in [0.1, 0.15) is 30.1 Å². The van der Waals surface area contributed by atoms with Gasteiger partial charge in [-0.1, -0.05) is 23.7 Å². The number of hydrogen-bond donors (Lipinski definition) is 1. The zero-order valence-electron chi connectivity index (χ0n) is 14.5. The van der Waals surface area contributed by atoms with Crippen molar-refractivity contribution in [2.45, 2.75) is 31.9 Å². The molecule has 0 unspecified atom stereocenters. The van der Waals surface area contributed by atoms with Gasteiger partial charge >= 0.3 is 0 Å². The van der Waals surface area contributed by atoms with Gasteiger partial charge in [0.25, 0.3) is 11.8 Å². The van der Waals surface area contributed by atoms with E-state index in [2.05, 4.69) is 5.32 Å². The maximum absolute atomic E-state index is 12.4. The lowest BCUT2D eigenvalue weighted by atomic mass is 10.0. The molecule has 1 saturated heterocycles. The molecule has 0 aliphatic carbocycles. The number of nitrogens with zero attached hydrogens (tertiary/aromatic N) is 1. The van der Waals surface area contributed by atoms with Crippen LogP contribution in [0.15, 0.2) is 47.3 Å². The van der Waals surface area contributed by atoms with Crippen molar-refractivity contribution in [2.24, 2.45) is 0 Å². The molecule has 1 fully saturated rings. The molecule has 0 saturated carbocycles. The average molecular weight is 377 g/mol. The van der Waals surface area contributed by atoms with Crippen LogP contribution in [0.4, 0.5) is 0 Å². The fraction of sp³-hybridized carbons (Fsp3) is 0.368. The van der Waals surface area contributed by atoms with E-state index in [0.717, 1.165) is 0 Å². The summed E-state index contributed by atoms with van der Waals surface area (Å²) in [7, 11) is 0. The van der Waals surface area contributed by atoms with Gasteiger partial charge < -0.3 is 19.4 Å². The third-order valence-corrected chi connectivity index (χ3v) is 4.72. The molecule has 0 bridgehead atoms. The number of likely N-dealkylation sites (tertiary alicyclic amines) is 1. The van der Waals surface area contributed by atoms with Gasteiger partial charge in [0.05, 0.1) is 16.8 Å². The summed E-state index contributed by atoms with van der Waals surface area (Å²) in [5.41, 5.74) is 0.550. The van der Waals surface area contributed by atoms with Crippen molar-refractivity contribution in [3.05, 3.63) is 53.4 Å². The number of carbonyl (C=O) groups is 2. The Hall–Kier alpha value is -2.47. The number of benzene rings is 1. The molecule has 2 aromatic rings. The number of amides is 2. The molecule has 1 aromatic heterocycles. The minimum atomic E-state index is -0.652. The molecular formula is C19H21ClN2O4. The maximum atomic E-state index is 12.4. The summed E-state index contributed by atoms with van der Waals surface area (Å²) in [6.07, 6.45) is 3.69. The average Bonchev–Trinajstić information content (AvgIpc) is 3.18. The Morgan fingerprint density at radius 1 is 1.27 bits per heavy atom. The molecule has 0 spiro atoms. The Balaban J connectivity index is 1.47. The van der Waals surface area contributed by atoms with Crippen molar-refractivity contribution >= 4 is 23.4 Å². The number of piperidine rings is 1. The van der Waals surface area contributed by atoms with Crippen molar-refractivity contribution in [2.75, 3.05) is 13.1 Å². The summed E-state index contributed by atoms with van der Waals surface area (Å²) in [4.78, 5) is 26.4. The van der Waals surface area contributed by atoms with E-state index in [9.17, 15) is 9.59 Å². The SMILES string of the molecule is C[C@@H](Oc1ccccc1Cl)C(=O)NC1CCN(C(=O)c2ccoc2)CC1. The van der Waals surface area contributed by atoms with Gasteiger partial charge in [0, 0.05) is 19.1 Å². The van der Waals surface area contributed by atoms with Crippen LogP contribution in [0, 0.1) is 0 Å². The number of hydrogen-bond acceptors (Lipinski definition) is 4. The summed E-state index contributed by atoms with van der Waals surface area (Å²) < 4.78 is 10.6. The van der Waals surface area contributed by atoms with Crippen LogP contribution >= 0.6 is 11.6 Å². The highest BCUT2D eigenvalue weighted by Gasteiger charge is 2.26. The Kier molecular flexibility index (Phi) is 5.83. The molecule has 1 aromatic carbocycles. The minimum absolute atomic E-state index is 0.0215. The van der Waals surface area contributed by atoms with E-state index in [1.54, 1.807) is 42.2 Å². The minimum Gasteiger partial charge on any atom is -0.479 e. The van der Waals surface area contributed by atoms with E-state index in [0.29, 0.717) is 42.3 Å². The van der Waals surface area contributed by atoms with E-state index in [-0.39, 0.29) is 17.9 Å². The highest BCUT2D eigenvalue weighted by atomic mass is 35.5. The molecule has 3 rings (SSSR count). The van der Waals surface area contributed by atoms with Crippen LogP contribution in [0.2, 0.25) is 5.02 Å². The van der Waals surface area contributed by atoms with Crippen molar-refractivity contribution in [1.29, 1.82) is 0 Å². The van der Waals surface area contributed by atoms with Gasteiger partial charge in [0.2, 0.25) is 0 Å². The summed E-state index contributed by atoms with van der Waals surface area (Å²) in [5, 5.41) is 3.46. The number of halogens is 1. The molecule has 138 valence electrons. The molecule has 7 heteroatoms. The van der Waals surface area contributed by atoms with Gasteiger partial charge in [-0.05, 0) is 38.0 Å². The second kappa shape index (κ2) is 8.27. The first-order chi connectivity index (χ1) is 12.5. The fourth-order valence-corrected chi connectivity index (χ4v) is 3.08. The van der Waals surface area contributed by atoms with Gasteiger partial charge in [-0.2, -0.15) is 0 Å². The quantitative estimate of drug-likeness (QED) is 0.870. The normalized spacial score (nSPS) is 16.2. The number of nitrogens with one attached hydrogen (secondary N) is 1. The predicted octanol–water partition coefficient (Wildman–Crippen LogP) is 3.12. The van der Waals surface area contributed by atoms with Crippen LogP contribution < -0.4 is 10.1 Å². The molecule has 2 amide bonds. The highest BCUT2D eigenvalue weighted by Crippen LogP contribution is 2.24. The number of carbonyl (C=O) groups excluding carboxylic acids is 2. The number of rotatable bonds is 5. The smallest absolute Gasteiger partial charge is 0.260 e. The lowest BCUT2D eigenvalue weighted by Gasteiger charge is -2.32. The molecule has 1 aliphatic heterocycles. The zero-order valence-corrected chi connectivity index (χ0v) is 15.2. The molecule has 1 aliphatic rings. The zero-order chi connectivity index (χ0) is 18.5. The number of ether oxygens (including phenoxy) is 1. The van der Waals surface area contributed by atoms with Gasteiger partial charge in [0.1, 0.15) is 12.0 Å². The Morgan fingerprint density at radius 3 is 2.65 bits per heavy atom. The lowest BCUT2D eigenvalue weighted by molar-refractivity contribution is -0.128. The van der Waals surface area contributed by atoms with Gasteiger partial charge in [-0.25, -0.2) is 0 Å². The first-order valence-corrected chi connectivity index (χ1v) is 8.95. The topological polar surface area (TPSA) is 71.8 Å². The predicted molar refractivity (Wildman–Crippen MR) is 97.3 cm³/mol. The van der Waals surface area contributed by atoms with Crippen LogP contribution in [-0.4, -0.2) is 41.9 Å². The molecular weight excluding hydrogens is 356 g/mol. The molecule has 2 heterocycles. The van der Waals surface area contributed by atoms with E-state index in [1.165, 1.54) is 12.5 Å². The standard InChI is InChI=1S/C19H21ClN2O4/c1-13(26-17-5-3-2-4-16(17)20)18(23)21-15-6-9-22(10-7-15)19(24)14-8-11-25-12-14/h2-5,8,11-13,15H,6-7,9-10H2,1H3,(H,21,23)/t13-/m1/s1. The third kappa shape index (κ3) is 4.38. The number of para-hydroxylation sites is 1. The Bertz CT molecular complexity index is 755. The van der Waals surface area contributed by atoms with Gasteiger partial charge in [-0.3, -0.25) is 9.59 Å². The van der Waals surface area contributed by atoms with Crippen molar-refractivity contribution in [3.63, 3.8) is 0 Å². The van der Waals surface area contributed by atoms with Crippen molar-refractivity contribution < 1.29 is 18.7 Å². The Labute approximate surface area is 157 Å². The number of furan rings is 1. The Morgan fingerprint density at radius 2 is 2.00 bits per heavy atom. The molecule has 6 nitrogen and oxygen atoms in total. The van der Waals surface area contributed by atoms with Crippen LogP contribution in [0.5, 0.6) is 5.75 Å².